The molecule has 0 aliphatic carbocycles. The largest absolute Gasteiger partial charge is 0.497 e. The summed E-state index contributed by atoms with van der Waals surface area (Å²) in [6.07, 6.45) is 0.289. The highest BCUT2D eigenvalue weighted by atomic mass is 35.5. The number of anilines is 1. The van der Waals surface area contributed by atoms with Crippen LogP contribution in [0.25, 0.3) is 0 Å². The minimum atomic E-state index is -0.516. The predicted octanol–water partition coefficient (Wildman–Crippen LogP) is 3.48. The molecule has 2 N–H and O–H groups in total. The number of hydrogen-bond acceptors (Lipinski definition) is 4. The van der Waals surface area contributed by atoms with Gasteiger partial charge in [-0.05, 0) is 42.5 Å². The first-order chi connectivity index (χ1) is 12.1. The topological polar surface area (TPSA) is 59.6 Å². The van der Waals surface area contributed by atoms with Gasteiger partial charge in [0.2, 0.25) is 5.91 Å². The zero-order chi connectivity index (χ0) is 18.1. The molecule has 2 aromatic carbocycles. The van der Waals surface area contributed by atoms with Gasteiger partial charge in [0.1, 0.15) is 23.9 Å². The molecule has 0 heterocycles. The number of carbonyl (C=O) groups excluding carboxylic acids is 1. The van der Waals surface area contributed by atoms with Crippen LogP contribution in [0.3, 0.4) is 0 Å². The molecule has 7 heteroatoms. The number of rotatable bonds is 9. The van der Waals surface area contributed by atoms with Gasteiger partial charge in [-0.1, -0.05) is 11.6 Å². The van der Waals surface area contributed by atoms with Crippen LogP contribution >= 0.6 is 11.6 Å². The van der Waals surface area contributed by atoms with E-state index in [-0.39, 0.29) is 17.4 Å². The third-order valence-corrected chi connectivity index (χ3v) is 3.63. The average molecular weight is 367 g/mol. The summed E-state index contributed by atoms with van der Waals surface area (Å²) in [6.45, 7) is 1.61. The van der Waals surface area contributed by atoms with E-state index in [9.17, 15) is 9.18 Å². The second kappa shape index (κ2) is 9.86. The van der Waals surface area contributed by atoms with E-state index >= 15 is 0 Å². The van der Waals surface area contributed by atoms with Gasteiger partial charge in [0.05, 0.1) is 12.1 Å². The molecule has 25 heavy (non-hydrogen) atoms. The lowest BCUT2D eigenvalue weighted by molar-refractivity contribution is -0.116. The number of methoxy groups -OCH3 is 1. The maximum Gasteiger partial charge on any atom is 0.225 e. The third-order valence-electron chi connectivity index (χ3n) is 3.34. The van der Waals surface area contributed by atoms with E-state index in [1.165, 1.54) is 18.2 Å². The van der Waals surface area contributed by atoms with Crippen LogP contribution in [0.1, 0.15) is 6.42 Å². The molecular weight excluding hydrogens is 347 g/mol. The number of ether oxygens (including phenoxy) is 2. The molecule has 0 atom stereocenters. The van der Waals surface area contributed by atoms with Crippen LogP contribution in [0.2, 0.25) is 5.02 Å². The maximum absolute atomic E-state index is 13.0. The Morgan fingerprint density at radius 3 is 2.52 bits per heavy atom. The highest BCUT2D eigenvalue weighted by Gasteiger charge is 2.05. The average Bonchev–Trinajstić information content (AvgIpc) is 2.61. The van der Waals surface area contributed by atoms with Gasteiger partial charge in [-0.2, -0.15) is 0 Å². The van der Waals surface area contributed by atoms with E-state index < -0.39 is 5.82 Å². The van der Waals surface area contributed by atoms with E-state index in [1.807, 2.05) is 24.3 Å². The lowest BCUT2D eigenvalue weighted by atomic mass is 10.3. The van der Waals surface area contributed by atoms with E-state index in [4.69, 9.17) is 21.1 Å². The van der Waals surface area contributed by atoms with Crippen LogP contribution in [-0.4, -0.2) is 32.7 Å². The summed E-state index contributed by atoms with van der Waals surface area (Å²) in [6, 6.07) is 11.4. The lowest BCUT2D eigenvalue weighted by Gasteiger charge is -2.09. The number of halogens is 2. The van der Waals surface area contributed by atoms with Gasteiger partial charge in [0.25, 0.3) is 0 Å². The fourth-order valence-corrected chi connectivity index (χ4v) is 2.22. The molecule has 0 aliphatic heterocycles. The maximum atomic E-state index is 13.0. The Balaban J connectivity index is 1.58. The Morgan fingerprint density at radius 1 is 1.12 bits per heavy atom. The summed E-state index contributed by atoms with van der Waals surface area (Å²) in [4.78, 5) is 11.8. The molecule has 0 saturated carbocycles. The summed E-state index contributed by atoms with van der Waals surface area (Å²) in [7, 11) is 1.61. The van der Waals surface area contributed by atoms with Gasteiger partial charge < -0.3 is 20.1 Å². The second-order valence-electron chi connectivity index (χ2n) is 5.20. The quantitative estimate of drug-likeness (QED) is 0.667. The van der Waals surface area contributed by atoms with Gasteiger partial charge in [-0.3, -0.25) is 4.79 Å². The molecule has 0 radical (unpaired) electrons. The van der Waals surface area contributed by atoms with Crippen molar-refractivity contribution in [3.63, 3.8) is 0 Å². The first kappa shape index (κ1) is 19.0. The van der Waals surface area contributed by atoms with Gasteiger partial charge in [-0.25, -0.2) is 4.39 Å². The molecular formula is C18H20ClFN2O3. The molecule has 0 fully saturated rings. The number of amides is 1. The Morgan fingerprint density at radius 2 is 1.84 bits per heavy atom. The molecule has 5 nitrogen and oxygen atoms in total. The Hall–Kier alpha value is -2.31. The summed E-state index contributed by atoms with van der Waals surface area (Å²) >= 11 is 5.67. The molecule has 0 saturated heterocycles. The zero-order valence-electron chi connectivity index (χ0n) is 13.9. The highest BCUT2D eigenvalue weighted by Crippen LogP contribution is 2.19. The fourth-order valence-electron chi connectivity index (χ4n) is 2.04. The SMILES string of the molecule is COc1ccc(OCCNCCC(=O)Nc2ccc(F)c(Cl)c2)cc1. The molecule has 2 aromatic rings. The monoisotopic (exact) mass is 366 g/mol. The molecule has 1 amide bonds. The van der Waals surface area contributed by atoms with Crippen LogP contribution in [0.15, 0.2) is 42.5 Å². The van der Waals surface area contributed by atoms with Crippen LogP contribution in [-0.2, 0) is 4.79 Å². The third kappa shape index (κ3) is 6.60. The molecule has 134 valence electrons. The van der Waals surface area contributed by atoms with Crippen molar-refractivity contribution in [3.05, 3.63) is 53.3 Å². The molecule has 0 aliphatic rings. The predicted molar refractivity (Wildman–Crippen MR) is 96.0 cm³/mol. The van der Waals surface area contributed by atoms with E-state index in [0.717, 1.165) is 11.5 Å². The summed E-state index contributed by atoms with van der Waals surface area (Å²) in [5.74, 6) is 0.844. The van der Waals surface area contributed by atoms with Crippen molar-refractivity contribution >= 4 is 23.2 Å². The summed E-state index contributed by atoms with van der Waals surface area (Å²) < 4.78 is 23.7. The van der Waals surface area contributed by atoms with Crippen LogP contribution in [0.5, 0.6) is 11.5 Å². The Kier molecular flexibility index (Phi) is 7.50. The standard InChI is InChI=1S/C18H20ClFN2O3/c1-24-14-3-5-15(6-4-14)25-11-10-21-9-8-18(23)22-13-2-7-17(20)16(19)12-13/h2-7,12,21H,8-11H2,1H3,(H,22,23). The van der Waals surface area contributed by atoms with Crippen molar-refractivity contribution in [2.75, 3.05) is 32.1 Å². The van der Waals surface area contributed by atoms with E-state index in [2.05, 4.69) is 10.6 Å². The summed E-state index contributed by atoms with van der Waals surface area (Å²) in [5.41, 5.74) is 0.472. The first-order valence-corrected chi connectivity index (χ1v) is 8.19. The molecule has 0 bridgehead atoms. The van der Waals surface area contributed by atoms with Crippen molar-refractivity contribution in [3.8, 4) is 11.5 Å². The van der Waals surface area contributed by atoms with E-state index in [0.29, 0.717) is 25.4 Å². The number of carbonyl (C=O) groups is 1. The molecule has 0 aromatic heterocycles. The number of hydrogen-bond donors (Lipinski definition) is 2. The van der Waals surface area contributed by atoms with Crippen molar-refractivity contribution in [1.82, 2.24) is 5.32 Å². The van der Waals surface area contributed by atoms with Crippen molar-refractivity contribution in [2.24, 2.45) is 0 Å². The Labute approximate surface area is 151 Å². The number of nitrogens with one attached hydrogen (secondary N) is 2. The fraction of sp³-hybridized carbons (Fsp3) is 0.278. The van der Waals surface area contributed by atoms with Gasteiger partial charge in [0, 0.05) is 25.2 Å². The van der Waals surface area contributed by atoms with Gasteiger partial charge in [0.15, 0.2) is 0 Å². The highest BCUT2D eigenvalue weighted by molar-refractivity contribution is 6.31. The number of benzene rings is 2. The van der Waals surface area contributed by atoms with Crippen molar-refractivity contribution < 1.29 is 18.7 Å². The van der Waals surface area contributed by atoms with Crippen LogP contribution in [0.4, 0.5) is 10.1 Å². The smallest absolute Gasteiger partial charge is 0.225 e. The normalized spacial score (nSPS) is 10.4. The zero-order valence-corrected chi connectivity index (χ0v) is 14.6. The molecule has 0 unspecified atom stereocenters. The second-order valence-corrected chi connectivity index (χ2v) is 5.61. The van der Waals surface area contributed by atoms with Crippen LogP contribution in [0, 0.1) is 5.82 Å². The first-order valence-electron chi connectivity index (χ1n) is 7.81. The summed E-state index contributed by atoms with van der Waals surface area (Å²) in [5, 5.41) is 5.76. The van der Waals surface area contributed by atoms with Crippen LogP contribution < -0.4 is 20.1 Å². The van der Waals surface area contributed by atoms with Gasteiger partial charge in [-0.15, -0.1) is 0 Å². The minimum Gasteiger partial charge on any atom is -0.497 e. The van der Waals surface area contributed by atoms with Gasteiger partial charge >= 0.3 is 0 Å². The Bertz CT molecular complexity index is 695. The molecule has 2 rings (SSSR count). The minimum absolute atomic E-state index is 0.0217. The lowest BCUT2D eigenvalue weighted by Crippen LogP contribution is -2.25. The van der Waals surface area contributed by atoms with Crippen molar-refractivity contribution in [2.45, 2.75) is 6.42 Å². The van der Waals surface area contributed by atoms with Crippen molar-refractivity contribution in [1.29, 1.82) is 0 Å². The van der Waals surface area contributed by atoms with E-state index in [1.54, 1.807) is 7.11 Å². The molecule has 0 spiro atoms.